The van der Waals surface area contributed by atoms with Gasteiger partial charge in [0.05, 0.1) is 29.6 Å². The van der Waals surface area contributed by atoms with Crippen LogP contribution in [-0.2, 0) is 17.9 Å². The van der Waals surface area contributed by atoms with Gasteiger partial charge in [-0.05, 0) is 38.1 Å². The first-order chi connectivity index (χ1) is 15.2. The number of hydrogen-bond acceptors (Lipinski definition) is 6. The molecular formula is C22H26FN7O. The van der Waals surface area contributed by atoms with E-state index in [9.17, 15) is 9.18 Å². The zero-order valence-corrected chi connectivity index (χ0v) is 17.4. The van der Waals surface area contributed by atoms with Gasteiger partial charge in [-0.25, -0.2) is 14.4 Å². The number of fused-ring (bicyclic) bond motifs is 2. The summed E-state index contributed by atoms with van der Waals surface area (Å²) in [5.41, 5.74) is 3.60. The second-order valence-corrected chi connectivity index (χ2v) is 8.17. The Kier molecular flexibility index (Phi) is 5.61. The lowest BCUT2D eigenvalue weighted by molar-refractivity contribution is -0.120. The van der Waals surface area contributed by atoms with Gasteiger partial charge in [0.15, 0.2) is 0 Å². The van der Waals surface area contributed by atoms with E-state index in [0.717, 1.165) is 66.9 Å². The molecule has 1 fully saturated rings. The molecule has 0 unspecified atom stereocenters. The molecule has 2 N–H and O–H groups in total. The molecule has 1 saturated heterocycles. The van der Waals surface area contributed by atoms with Gasteiger partial charge in [-0.1, -0.05) is 0 Å². The molecule has 31 heavy (non-hydrogen) atoms. The third-order valence-electron chi connectivity index (χ3n) is 6.16. The molecule has 0 spiro atoms. The predicted octanol–water partition coefficient (Wildman–Crippen LogP) is 2.22. The van der Waals surface area contributed by atoms with Gasteiger partial charge >= 0.3 is 0 Å². The maximum atomic E-state index is 12.8. The van der Waals surface area contributed by atoms with Crippen molar-refractivity contribution in [2.75, 3.05) is 38.2 Å². The number of hydrogen-bond donors (Lipinski definition) is 2. The van der Waals surface area contributed by atoms with Crippen molar-refractivity contribution in [1.82, 2.24) is 30.0 Å². The predicted molar refractivity (Wildman–Crippen MR) is 116 cm³/mol. The zero-order valence-electron chi connectivity index (χ0n) is 17.4. The van der Waals surface area contributed by atoms with E-state index < -0.39 is 0 Å². The number of aromatic nitrogens is 4. The van der Waals surface area contributed by atoms with E-state index in [1.807, 2.05) is 29.1 Å². The summed E-state index contributed by atoms with van der Waals surface area (Å²) in [6.45, 7) is 4.03. The number of rotatable bonds is 5. The molecule has 0 atom stereocenters. The Morgan fingerprint density at radius 1 is 1.23 bits per heavy atom. The largest absolute Gasteiger partial charge is 0.317 e. The van der Waals surface area contributed by atoms with Crippen LogP contribution in [0, 0.1) is 5.92 Å². The second-order valence-electron chi connectivity index (χ2n) is 8.17. The molecule has 3 aromatic rings. The highest BCUT2D eigenvalue weighted by Crippen LogP contribution is 2.28. The molecule has 0 saturated carbocycles. The molecule has 9 heteroatoms. The fourth-order valence-corrected chi connectivity index (χ4v) is 4.37. The van der Waals surface area contributed by atoms with Crippen LogP contribution >= 0.6 is 0 Å². The quantitative estimate of drug-likeness (QED) is 0.654. The summed E-state index contributed by atoms with van der Waals surface area (Å²) < 4.78 is 14.8. The van der Waals surface area contributed by atoms with Crippen LogP contribution in [0.1, 0.15) is 18.5 Å². The minimum Gasteiger partial charge on any atom is -0.317 e. The lowest BCUT2D eigenvalue weighted by atomic mass is 9.97. The Balaban J connectivity index is 1.40. The van der Waals surface area contributed by atoms with Gasteiger partial charge in [0.1, 0.15) is 12.5 Å². The smallest absolute Gasteiger partial charge is 0.228 e. The summed E-state index contributed by atoms with van der Waals surface area (Å²) in [7, 11) is 0. The fraction of sp³-hybridized carbons (Fsp3) is 0.455. The third kappa shape index (κ3) is 4.15. The van der Waals surface area contributed by atoms with E-state index in [2.05, 4.69) is 25.6 Å². The van der Waals surface area contributed by atoms with Crippen molar-refractivity contribution in [3.05, 3.63) is 36.3 Å². The van der Waals surface area contributed by atoms with Crippen LogP contribution in [0.5, 0.6) is 0 Å². The Morgan fingerprint density at radius 3 is 2.94 bits per heavy atom. The molecule has 162 valence electrons. The van der Waals surface area contributed by atoms with Crippen LogP contribution < -0.4 is 10.6 Å². The molecule has 0 bridgehead atoms. The highest BCUT2D eigenvalue weighted by molar-refractivity contribution is 5.93. The van der Waals surface area contributed by atoms with Crippen LogP contribution in [-0.4, -0.2) is 63.4 Å². The van der Waals surface area contributed by atoms with Crippen LogP contribution in [0.25, 0.3) is 22.2 Å². The second kappa shape index (κ2) is 8.68. The van der Waals surface area contributed by atoms with Crippen molar-refractivity contribution in [3.63, 3.8) is 0 Å². The number of piperidine rings is 1. The molecule has 8 nitrogen and oxygen atoms in total. The molecule has 3 aromatic heterocycles. The van der Waals surface area contributed by atoms with Crippen molar-refractivity contribution >= 4 is 22.6 Å². The van der Waals surface area contributed by atoms with E-state index in [1.54, 1.807) is 6.20 Å². The van der Waals surface area contributed by atoms with E-state index in [1.165, 1.54) is 0 Å². The van der Waals surface area contributed by atoms with Gasteiger partial charge in [0, 0.05) is 48.8 Å². The molecule has 2 aliphatic rings. The monoisotopic (exact) mass is 423 g/mol. The van der Waals surface area contributed by atoms with Gasteiger partial charge < -0.3 is 10.6 Å². The van der Waals surface area contributed by atoms with Gasteiger partial charge in [-0.3, -0.25) is 14.4 Å². The summed E-state index contributed by atoms with van der Waals surface area (Å²) in [4.78, 5) is 23.9. The Bertz CT molecular complexity index is 1090. The number of nitrogens with zero attached hydrogens (tertiary/aromatic N) is 5. The molecule has 5 rings (SSSR count). The summed E-state index contributed by atoms with van der Waals surface area (Å²) in [5, 5.41) is 11.6. The van der Waals surface area contributed by atoms with Gasteiger partial charge in [0.2, 0.25) is 5.91 Å². The minimum atomic E-state index is -0.351. The molecule has 0 aliphatic carbocycles. The topological polar surface area (TPSA) is 88.0 Å². The van der Waals surface area contributed by atoms with Crippen molar-refractivity contribution in [3.8, 4) is 11.3 Å². The molecule has 0 radical (unpaired) electrons. The molecule has 0 aromatic carbocycles. The zero-order chi connectivity index (χ0) is 21.2. The maximum absolute atomic E-state index is 12.8. The molecule has 1 amide bonds. The minimum absolute atomic E-state index is 0.0168. The number of carbonyl (C=O) groups is 1. The summed E-state index contributed by atoms with van der Waals surface area (Å²) >= 11 is 0. The first-order valence-electron chi connectivity index (χ1n) is 10.8. The number of nitrogens with one attached hydrogen (secondary N) is 2. The van der Waals surface area contributed by atoms with Crippen molar-refractivity contribution in [2.24, 2.45) is 5.92 Å². The highest BCUT2D eigenvalue weighted by atomic mass is 19.1. The average molecular weight is 423 g/mol. The number of anilines is 1. The summed E-state index contributed by atoms with van der Waals surface area (Å²) in [6, 6.07) is 5.77. The average Bonchev–Trinajstić information content (AvgIpc) is 3.23. The van der Waals surface area contributed by atoms with Crippen LogP contribution in [0.2, 0.25) is 0 Å². The van der Waals surface area contributed by atoms with Crippen LogP contribution in [0.3, 0.4) is 0 Å². The Morgan fingerprint density at radius 2 is 2.10 bits per heavy atom. The number of alkyl halides is 1. The molecule has 2 aliphatic heterocycles. The standard InChI is InChI=1S/C22H26FN7O/c23-5-8-29-9-10-30-20(14-29)17(13-26-30)18-2-1-16-12-25-21(11-19(16)27-18)28-22(31)15-3-6-24-7-4-15/h1-2,11-13,15,24H,3-10,14H2,(H,25,28,31). The number of pyridine rings is 2. The Labute approximate surface area is 179 Å². The summed E-state index contributed by atoms with van der Waals surface area (Å²) in [5.74, 6) is 0.555. The van der Waals surface area contributed by atoms with Crippen molar-refractivity contribution in [1.29, 1.82) is 0 Å². The fourth-order valence-electron chi connectivity index (χ4n) is 4.37. The maximum Gasteiger partial charge on any atom is 0.228 e. The summed E-state index contributed by atoms with van der Waals surface area (Å²) in [6.07, 6.45) is 5.26. The number of carbonyl (C=O) groups excluding carboxylic acids is 1. The normalized spacial score (nSPS) is 17.6. The third-order valence-corrected chi connectivity index (χ3v) is 6.16. The number of amides is 1. The van der Waals surface area contributed by atoms with Gasteiger partial charge in [0.25, 0.3) is 0 Å². The molecular weight excluding hydrogens is 397 g/mol. The van der Waals surface area contributed by atoms with E-state index >= 15 is 0 Å². The van der Waals surface area contributed by atoms with Gasteiger partial charge in [-0.2, -0.15) is 5.10 Å². The molecule has 5 heterocycles. The van der Waals surface area contributed by atoms with Crippen LogP contribution in [0.4, 0.5) is 10.2 Å². The Hall–Kier alpha value is -2.91. The number of halogens is 1. The lowest BCUT2D eigenvalue weighted by Gasteiger charge is -2.27. The first kappa shape index (κ1) is 20.0. The van der Waals surface area contributed by atoms with Crippen molar-refractivity contribution in [2.45, 2.75) is 25.9 Å². The van der Waals surface area contributed by atoms with Gasteiger partial charge in [-0.15, -0.1) is 0 Å². The lowest BCUT2D eigenvalue weighted by Crippen LogP contribution is -2.35. The highest BCUT2D eigenvalue weighted by Gasteiger charge is 2.23. The van der Waals surface area contributed by atoms with E-state index in [-0.39, 0.29) is 18.5 Å². The van der Waals surface area contributed by atoms with E-state index in [4.69, 9.17) is 4.98 Å². The van der Waals surface area contributed by atoms with E-state index in [0.29, 0.717) is 18.9 Å². The van der Waals surface area contributed by atoms with Crippen molar-refractivity contribution < 1.29 is 9.18 Å². The SMILES string of the molecule is O=C(Nc1cc2nc(-c3cnn4c3CN(CCF)CC4)ccc2cn1)C1CCNCC1. The first-order valence-corrected chi connectivity index (χ1v) is 10.8. The van der Waals surface area contributed by atoms with Crippen LogP contribution in [0.15, 0.2) is 30.6 Å².